The van der Waals surface area contributed by atoms with E-state index in [1.807, 2.05) is 14.1 Å². The van der Waals surface area contributed by atoms with Crippen molar-refractivity contribution in [1.82, 2.24) is 24.8 Å². The molecule has 0 saturated carbocycles. The van der Waals surface area contributed by atoms with Crippen LogP contribution in [0.4, 0.5) is 10.6 Å². The largest absolute Gasteiger partial charge is 0.453 e. The number of amides is 1. The number of alkyl carbamates (subject to hydrolysis) is 1. The number of ether oxygens (including phenoxy) is 3. The van der Waals surface area contributed by atoms with Crippen molar-refractivity contribution in [3.8, 4) is 6.07 Å². The van der Waals surface area contributed by atoms with E-state index >= 15 is 0 Å². The molecule has 54 heavy (non-hydrogen) atoms. The Labute approximate surface area is 322 Å². The van der Waals surface area contributed by atoms with Crippen molar-refractivity contribution in [2.45, 2.75) is 148 Å². The molecule has 1 amide bonds. The van der Waals surface area contributed by atoms with Crippen LogP contribution in [0.5, 0.6) is 0 Å². The summed E-state index contributed by atoms with van der Waals surface area (Å²) in [5.74, 6) is -0.828. The first-order valence-electron chi connectivity index (χ1n) is 18.9. The second-order valence-corrected chi connectivity index (χ2v) is 25.9. The number of aromatic nitrogens is 3. The average molecular weight is 788 g/mol. The Balaban J connectivity index is 1.96. The zero-order valence-electron chi connectivity index (χ0n) is 34.7. The predicted octanol–water partition coefficient (Wildman–Crippen LogP) is 6.49. The Kier molecular flexibility index (Phi) is 13.1. The quantitative estimate of drug-likeness (QED) is 0.114. The number of hydrogen-bond donors (Lipinski definition) is 1. The highest BCUT2D eigenvalue weighted by Gasteiger charge is 2.67. The summed E-state index contributed by atoms with van der Waals surface area (Å²) < 4.78 is 42.2. The van der Waals surface area contributed by atoms with E-state index in [1.165, 1.54) is 10.8 Å². The van der Waals surface area contributed by atoms with Crippen LogP contribution in [0.3, 0.4) is 0 Å². The van der Waals surface area contributed by atoms with Gasteiger partial charge in [0, 0.05) is 14.1 Å². The highest BCUT2D eigenvalue weighted by molar-refractivity contribution is 6.84. The fraction of sp³-hybridized carbons (Fsp3) is 0.730. The fourth-order valence-corrected chi connectivity index (χ4v) is 18.5. The maximum atomic E-state index is 14.4. The molecule has 0 radical (unpaired) electrons. The molecule has 0 spiro atoms. The van der Waals surface area contributed by atoms with Gasteiger partial charge in [-0.3, -0.25) is 0 Å². The second kappa shape index (κ2) is 16.4. The van der Waals surface area contributed by atoms with Crippen molar-refractivity contribution in [3.63, 3.8) is 0 Å². The SMILES string of the molecule is CC(C)[C@H](NC(=O)OC(C)(C)C)C(=O)O[C@@H]1[C@@H]2O[Si](C(C)C)(C(C)C)O[Si](C(C)C)(C(C)C)OC[C@H]2O[C@@]1(C#N)c1ccc2c(/N=C\N(C)C)ncnn12. The summed E-state index contributed by atoms with van der Waals surface area (Å²) in [6, 6.07) is 4.72. The second-order valence-electron chi connectivity index (χ2n) is 17.1. The van der Waals surface area contributed by atoms with Crippen molar-refractivity contribution >= 4 is 46.9 Å². The van der Waals surface area contributed by atoms with Gasteiger partial charge in [0.25, 0.3) is 0 Å². The molecule has 0 aliphatic carbocycles. The monoisotopic (exact) mass is 787 g/mol. The number of aliphatic imine (C=N–C) groups is 1. The van der Waals surface area contributed by atoms with Gasteiger partial charge in [-0.15, -0.1) is 0 Å². The lowest BCUT2D eigenvalue weighted by molar-refractivity contribution is -0.163. The third kappa shape index (κ3) is 8.38. The fourth-order valence-electron chi connectivity index (χ4n) is 7.31. The topological polar surface area (TPSA) is 171 Å². The van der Waals surface area contributed by atoms with Gasteiger partial charge in [0.2, 0.25) is 5.60 Å². The van der Waals surface area contributed by atoms with Gasteiger partial charge in [-0.2, -0.15) is 10.4 Å². The molecule has 0 bridgehead atoms. The highest BCUT2D eigenvalue weighted by atomic mass is 28.5. The smallest absolute Gasteiger partial charge is 0.408 e. The number of fused-ring (bicyclic) bond motifs is 2. The summed E-state index contributed by atoms with van der Waals surface area (Å²) in [5, 5.41) is 18.6. The third-order valence-corrected chi connectivity index (χ3v) is 20.2. The molecule has 2 fully saturated rings. The molecular formula is C37H61N7O8Si2. The molecule has 4 heterocycles. The number of rotatable bonds is 11. The molecule has 2 aromatic rings. The lowest BCUT2D eigenvalue weighted by Gasteiger charge is -2.51. The number of carbonyl (C=O) groups is 2. The minimum atomic E-state index is -3.30. The normalized spacial score (nSPS) is 24.8. The molecule has 2 saturated heterocycles. The van der Waals surface area contributed by atoms with Gasteiger partial charge in [-0.25, -0.2) is 24.1 Å². The van der Waals surface area contributed by atoms with Crippen molar-refractivity contribution < 1.29 is 36.8 Å². The first kappa shape index (κ1) is 43.3. The average Bonchev–Trinajstić information content (AvgIpc) is 3.61. The Bertz CT molecular complexity index is 1700. The number of esters is 1. The molecular weight excluding hydrogens is 727 g/mol. The molecule has 17 heteroatoms. The lowest BCUT2D eigenvalue weighted by Crippen LogP contribution is -2.66. The molecule has 0 aromatic carbocycles. The molecule has 15 nitrogen and oxygen atoms in total. The summed E-state index contributed by atoms with van der Waals surface area (Å²) in [6.45, 7) is 25.7. The van der Waals surface area contributed by atoms with E-state index in [-0.39, 0.29) is 34.5 Å². The van der Waals surface area contributed by atoms with Gasteiger partial charge >= 0.3 is 29.2 Å². The summed E-state index contributed by atoms with van der Waals surface area (Å²) in [6.07, 6.45) is -1.02. The van der Waals surface area contributed by atoms with Gasteiger partial charge in [0.15, 0.2) is 11.9 Å². The van der Waals surface area contributed by atoms with Crippen LogP contribution < -0.4 is 5.32 Å². The van der Waals surface area contributed by atoms with E-state index in [4.69, 9.17) is 27.2 Å². The zero-order valence-corrected chi connectivity index (χ0v) is 36.7. The predicted molar refractivity (Wildman–Crippen MR) is 209 cm³/mol. The van der Waals surface area contributed by atoms with E-state index in [1.54, 1.807) is 58.0 Å². The van der Waals surface area contributed by atoms with Crippen molar-refractivity contribution in [3.05, 3.63) is 24.2 Å². The summed E-state index contributed by atoms with van der Waals surface area (Å²) >= 11 is 0. The molecule has 4 rings (SSSR count). The standard InChI is InChI=1S/C37H61N7O8Si2/c1-22(2)30(42-35(46)50-36(11,12)13)34(45)48-32-31-28(18-47-53(23(3)4,24(5)6)52-54(51-31,25(7)8)26(9)10)49-37(32,19-38)29-17-16-27-33(40-21-43(14)15)39-20-41-44(27)29/h16-17,20-26,28,30-32H,18H2,1-15H3,(H,42,46)/b40-21-/t28-,30+,31-,32-,37+/m1/s1. The van der Waals surface area contributed by atoms with Crippen molar-refractivity contribution in [2.75, 3.05) is 20.7 Å². The van der Waals surface area contributed by atoms with Crippen LogP contribution in [0.25, 0.3) is 5.52 Å². The molecule has 5 atom stereocenters. The van der Waals surface area contributed by atoms with Crippen LogP contribution in [0.2, 0.25) is 22.2 Å². The Hall–Kier alpha value is -3.41. The van der Waals surface area contributed by atoms with Gasteiger partial charge in [-0.1, -0.05) is 69.2 Å². The molecule has 2 aliphatic heterocycles. The summed E-state index contributed by atoms with van der Waals surface area (Å²) in [7, 11) is -2.61. The van der Waals surface area contributed by atoms with E-state index in [9.17, 15) is 14.9 Å². The minimum Gasteiger partial charge on any atom is -0.453 e. The molecule has 2 aromatic heterocycles. The minimum absolute atomic E-state index is 0.0336. The Morgan fingerprint density at radius 2 is 1.67 bits per heavy atom. The molecule has 300 valence electrons. The van der Waals surface area contributed by atoms with Gasteiger partial charge in [-0.05, 0) is 61.0 Å². The molecule has 0 unspecified atom stereocenters. The number of carbonyl (C=O) groups excluding carboxylic acids is 2. The van der Waals surface area contributed by atoms with Crippen LogP contribution >= 0.6 is 0 Å². The van der Waals surface area contributed by atoms with Crippen LogP contribution in [0, 0.1) is 17.2 Å². The highest BCUT2D eigenvalue weighted by Crippen LogP contribution is 2.51. The van der Waals surface area contributed by atoms with Crippen LogP contribution in [0.15, 0.2) is 23.5 Å². The number of nitrogens with one attached hydrogen (secondary N) is 1. The van der Waals surface area contributed by atoms with Crippen molar-refractivity contribution in [1.29, 1.82) is 5.26 Å². The Morgan fingerprint density at radius 1 is 1.06 bits per heavy atom. The van der Waals surface area contributed by atoms with E-state index in [2.05, 4.69) is 81.9 Å². The van der Waals surface area contributed by atoms with Gasteiger partial charge in [0.05, 0.1) is 18.6 Å². The summed E-state index contributed by atoms with van der Waals surface area (Å²) in [4.78, 5) is 38.0. The van der Waals surface area contributed by atoms with E-state index < -0.39 is 70.7 Å². The summed E-state index contributed by atoms with van der Waals surface area (Å²) in [5.41, 5.74) is -1.95. The lowest BCUT2D eigenvalue weighted by atomic mass is 9.92. The van der Waals surface area contributed by atoms with Gasteiger partial charge < -0.3 is 37.4 Å². The molecule has 1 N–H and O–H groups in total. The van der Waals surface area contributed by atoms with Crippen LogP contribution in [-0.2, 0) is 37.6 Å². The molecule has 2 aliphatic rings. The number of nitrogens with zero attached hydrogens (tertiary/aromatic N) is 6. The third-order valence-electron chi connectivity index (χ3n) is 9.96. The van der Waals surface area contributed by atoms with Crippen LogP contribution in [-0.4, -0.2) is 106 Å². The first-order valence-corrected chi connectivity index (χ1v) is 22.8. The first-order chi connectivity index (χ1) is 25.0. The van der Waals surface area contributed by atoms with E-state index in [0.717, 1.165) is 0 Å². The van der Waals surface area contributed by atoms with Crippen molar-refractivity contribution in [2.24, 2.45) is 10.9 Å². The van der Waals surface area contributed by atoms with Gasteiger partial charge in [0.1, 0.15) is 41.8 Å². The maximum absolute atomic E-state index is 14.4. The number of hydrogen-bond acceptors (Lipinski definition) is 12. The number of nitriles is 1. The van der Waals surface area contributed by atoms with E-state index in [0.29, 0.717) is 11.3 Å². The zero-order chi connectivity index (χ0) is 40.6. The Morgan fingerprint density at radius 3 is 2.19 bits per heavy atom. The van der Waals surface area contributed by atoms with Crippen LogP contribution in [0.1, 0.15) is 95.7 Å². The maximum Gasteiger partial charge on any atom is 0.408 e.